The normalized spacial score (nSPS) is 10.3. The first kappa shape index (κ1) is 48.3. The third-order valence-corrected chi connectivity index (χ3v) is 10.3. The minimum absolute atomic E-state index is 0. The van der Waals surface area contributed by atoms with Gasteiger partial charge in [0, 0.05) is 25.2 Å². The van der Waals surface area contributed by atoms with Gasteiger partial charge in [-0.2, -0.15) is 0 Å². The summed E-state index contributed by atoms with van der Waals surface area (Å²) in [4.78, 5) is 13.1. The molecule has 0 bridgehead atoms. The predicted molar refractivity (Wildman–Crippen MR) is 268 cm³/mol. The van der Waals surface area contributed by atoms with Crippen molar-refractivity contribution in [1.29, 1.82) is 0 Å². The van der Waals surface area contributed by atoms with Crippen LogP contribution in [-0.4, -0.2) is 34.8 Å². The van der Waals surface area contributed by atoms with E-state index in [0.29, 0.717) is 19.8 Å². The molecule has 0 amide bonds. The van der Waals surface area contributed by atoms with Crippen molar-refractivity contribution in [3.8, 4) is 67.2 Å². The molecule has 0 N–H and O–H groups in total. The standard InChI is InChI=1S/C22H22NO2.2C19H14N.Ir/c1-2-24-14-15-25-17-18-9-11-19(12-10-18)20-6-5-7-21(16-20)22-8-3-4-13-23-22;2*1-2-15-9-11-16(12-10-15)17-6-5-7-18(14-17)19-8-3-4-13-20-19;/h3-6,8-13,16H,2,14-15,17H2,1H3;2*2-6,8-14H,1H2;/q3*-1;+3. The van der Waals surface area contributed by atoms with Gasteiger partial charge < -0.3 is 24.4 Å². The molecule has 3 heterocycles. The Hall–Kier alpha value is -7.18. The van der Waals surface area contributed by atoms with Gasteiger partial charge in [0.05, 0.1) is 19.8 Å². The van der Waals surface area contributed by atoms with Gasteiger partial charge in [-0.3, -0.25) is 0 Å². The maximum atomic E-state index is 5.61. The number of hydrogen-bond donors (Lipinski definition) is 0. The summed E-state index contributed by atoms with van der Waals surface area (Å²) < 4.78 is 10.9. The number of rotatable bonds is 14. The van der Waals surface area contributed by atoms with Crippen LogP contribution in [-0.2, 0) is 36.2 Å². The molecule has 3 aromatic heterocycles. The molecule has 6 aromatic carbocycles. The molecule has 9 rings (SSSR count). The van der Waals surface area contributed by atoms with Gasteiger partial charge in [0.15, 0.2) is 0 Å². The fraction of sp³-hybridized carbons (Fsp3) is 0.0833. The molecule has 326 valence electrons. The van der Waals surface area contributed by atoms with E-state index in [1.54, 1.807) is 18.6 Å². The van der Waals surface area contributed by atoms with Gasteiger partial charge in [-0.05, 0) is 75.6 Å². The van der Waals surface area contributed by atoms with Crippen molar-refractivity contribution in [2.24, 2.45) is 0 Å². The molecular weight excluding hydrogens is 987 g/mol. The Balaban J connectivity index is 0.000000164. The van der Waals surface area contributed by atoms with Crippen LogP contribution in [0.5, 0.6) is 0 Å². The van der Waals surface area contributed by atoms with Crippen molar-refractivity contribution in [3.63, 3.8) is 0 Å². The maximum absolute atomic E-state index is 5.61. The number of hydrogen-bond acceptors (Lipinski definition) is 5. The Bertz CT molecular complexity index is 2700. The first-order valence-electron chi connectivity index (χ1n) is 21.6. The van der Waals surface area contributed by atoms with Crippen LogP contribution in [0.2, 0.25) is 0 Å². The second-order valence-corrected chi connectivity index (χ2v) is 14.7. The van der Waals surface area contributed by atoms with E-state index in [1.165, 1.54) is 27.8 Å². The zero-order valence-electron chi connectivity index (χ0n) is 36.9. The van der Waals surface area contributed by atoms with E-state index in [1.807, 2.05) is 91.9 Å². The van der Waals surface area contributed by atoms with Crippen LogP contribution in [0, 0.1) is 18.2 Å². The van der Waals surface area contributed by atoms with Crippen LogP contribution in [0.1, 0.15) is 23.6 Å². The van der Waals surface area contributed by atoms with E-state index < -0.39 is 0 Å². The number of pyridine rings is 3. The second-order valence-electron chi connectivity index (χ2n) is 14.7. The smallest absolute Gasteiger partial charge is 0.379 e. The molecular formula is C60H50IrN3O2. The van der Waals surface area contributed by atoms with Crippen molar-refractivity contribution in [3.05, 3.63) is 249 Å². The predicted octanol–water partition coefficient (Wildman–Crippen LogP) is 14.5. The van der Waals surface area contributed by atoms with E-state index in [2.05, 4.69) is 156 Å². The van der Waals surface area contributed by atoms with Crippen LogP contribution in [0.4, 0.5) is 0 Å². The van der Waals surface area contributed by atoms with Gasteiger partial charge in [0.2, 0.25) is 0 Å². The minimum atomic E-state index is 0. The van der Waals surface area contributed by atoms with E-state index in [-0.39, 0.29) is 20.1 Å². The third kappa shape index (κ3) is 14.2. The van der Waals surface area contributed by atoms with Gasteiger partial charge in [-0.15, -0.1) is 106 Å². The number of ether oxygens (including phenoxy) is 2. The molecule has 0 aliphatic rings. The molecule has 5 nitrogen and oxygen atoms in total. The topological polar surface area (TPSA) is 57.1 Å². The first-order valence-corrected chi connectivity index (χ1v) is 21.6. The van der Waals surface area contributed by atoms with Gasteiger partial charge in [0.25, 0.3) is 0 Å². The average molecular weight is 1040 g/mol. The molecule has 0 radical (unpaired) electrons. The Labute approximate surface area is 403 Å². The molecule has 0 aliphatic carbocycles. The van der Waals surface area contributed by atoms with E-state index in [0.717, 1.165) is 62.6 Å². The Morgan fingerprint density at radius 2 is 0.803 bits per heavy atom. The summed E-state index contributed by atoms with van der Waals surface area (Å²) >= 11 is 0. The van der Waals surface area contributed by atoms with Crippen molar-refractivity contribution in [2.45, 2.75) is 13.5 Å². The Morgan fingerprint density at radius 1 is 0.439 bits per heavy atom. The summed E-state index contributed by atoms with van der Waals surface area (Å²) in [6.07, 6.45) is 9.10. The van der Waals surface area contributed by atoms with Crippen molar-refractivity contribution in [1.82, 2.24) is 15.0 Å². The fourth-order valence-electron chi connectivity index (χ4n) is 6.82. The average Bonchev–Trinajstić information content (AvgIpc) is 3.40. The van der Waals surface area contributed by atoms with E-state index in [4.69, 9.17) is 9.47 Å². The number of aromatic nitrogens is 3. The molecule has 0 saturated heterocycles. The van der Waals surface area contributed by atoms with Crippen LogP contribution >= 0.6 is 0 Å². The zero-order valence-corrected chi connectivity index (χ0v) is 39.3. The zero-order chi connectivity index (χ0) is 44.9. The van der Waals surface area contributed by atoms with Crippen LogP contribution < -0.4 is 0 Å². The molecule has 66 heavy (non-hydrogen) atoms. The molecule has 0 saturated carbocycles. The van der Waals surface area contributed by atoms with Gasteiger partial charge in [-0.25, -0.2) is 0 Å². The largest absolute Gasteiger partial charge is 3.00 e. The first-order chi connectivity index (χ1) is 32.1. The quantitative estimate of drug-likeness (QED) is 0.0802. The summed E-state index contributed by atoms with van der Waals surface area (Å²) in [5.74, 6) is 0. The summed E-state index contributed by atoms with van der Waals surface area (Å²) in [6, 6.07) is 71.0. The van der Waals surface area contributed by atoms with Gasteiger partial charge >= 0.3 is 20.1 Å². The van der Waals surface area contributed by atoms with Crippen LogP contribution in [0.25, 0.3) is 79.3 Å². The summed E-state index contributed by atoms with van der Waals surface area (Å²) in [5.41, 5.74) is 16.3. The van der Waals surface area contributed by atoms with Gasteiger partial charge in [0.1, 0.15) is 0 Å². The van der Waals surface area contributed by atoms with Crippen molar-refractivity contribution in [2.75, 3.05) is 19.8 Å². The van der Waals surface area contributed by atoms with Crippen molar-refractivity contribution < 1.29 is 29.6 Å². The maximum Gasteiger partial charge on any atom is 3.00 e. The summed E-state index contributed by atoms with van der Waals surface area (Å²) in [5, 5.41) is 0. The summed E-state index contributed by atoms with van der Waals surface area (Å²) in [7, 11) is 0. The summed E-state index contributed by atoms with van der Waals surface area (Å²) in [6.45, 7) is 12.1. The molecule has 0 unspecified atom stereocenters. The minimum Gasteiger partial charge on any atom is -0.379 e. The molecule has 6 heteroatoms. The fourth-order valence-corrected chi connectivity index (χ4v) is 6.82. The Kier molecular flexibility index (Phi) is 19.0. The molecule has 0 aliphatic heterocycles. The van der Waals surface area contributed by atoms with E-state index in [9.17, 15) is 0 Å². The third-order valence-electron chi connectivity index (χ3n) is 10.3. The van der Waals surface area contributed by atoms with Crippen molar-refractivity contribution >= 4 is 12.2 Å². The van der Waals surface area contributed by atoms with Crippen LogP contribution in [0.3, 0.4) is 0 Å². The van der Waals surface area contributed by atoms with Gasteiger partial charge in [-0.1, -0.05) is 135 Å². The monoisotopic (exact) mass is 1040 g/mol. The molecule has 0 fully saturated rings. The van der Waals surface area contributed by atoms with E-state index >= 15 is 0 Å². The molecule has 0 atom stereocenters. The van der Waals surface area contributed by atoms with Crippen LogP contribution in [0.15, 0.2) is 214 Å². The SMILES string of the molecule is C=Cc1ccc(-c2cc[c-]c(-c3ccccn3)c2)cc1.C=Cc1ccc(-c2cc[c-]c(-c3ccccn3)c2)cc1.CCOCCOCc1ccc(-c2cc[c-]c(-c3ccccn3)c2)cc1.[Ir+3]. The Morgan fingerprint density at radius 3 is 1.14 bits per heavy atom. The second kappa shape index (κ2) is 25.9. The molecule has 0 spiro atoms. The molecule has 9 aromatic rings. The number of nitrogens with zero attached hydrogens (tertiary/aromatic N) is 3. The number of benzene rings is 6.